The Bertz CT molecular complexity index is 461. The molecule has 0 saturated heterocycles. The van der Waals surface area contributed by atoms with Crippen molar-refractivity contribution in [2.45, 2.75) is 32.9 Å². The van der Waals surface area contributed by atoms with E-state index in [0.717, 1.165) is 0 Å². The molecule has 0 fully saturated rings. The third-order valence-corrected chi connectivity index (χ3v) is 2.53. The molecule has 1 amide bonds. The molecule has 0 aliphatic rings. The minimum absolute atomic E-state index is 0.304. The fourth-order valence-electron chi connectivity index (χ4n) is 1.47. The minimum Gasteiger partial charge on any atom is -0.444 e. The van der Waals surface area contributed by atoms with Crippen LogP contribution >= 0.6 is 11.6 Å². The van der Waals surface area contributed by atoms with Crippen LogP contribution in [0.3, 0.4) is 0 Å². The van der Waals surface area contributed by atoms with E-state index in [2.05, 4.69) is 10.6 Å². The molecule has 0 saturated carbocycles. The molecule has 0 heterocycles. The quantitative estimate of drug-likeness (QED) is 0.822. The SMILES string of the molecule is CC(C)(C)OC(=O)NCCNCc1cc(Cl)ccc1F. The zero-order valence-electron chi connectivity index (χ0n) is 11.9. The highest BCUT2D eigenvalue weighted by Gasteiger charge is 2.15. The first kappa shape index (κ1) is 16.7. The highest BCUT2D eigenvalue weighted by Crippen LogP contribution is 2.14. The van der Waals surface area contributed by atoms with Gasteiger partial charge in [0.1, 0.15) is 11.4 Å². The summed E-state index contributed by atoms with van der Waals surface area (Å²) in [4.78, 5) is 11.4. The molecule has 1 aromatic rings. The van der Waals surface area contributed by atoms with Gasteiger partial charge in [-0.15, -0.1) is 0 Å². The van der Waals surface area contributed by atoms with Crippen LogP contribution < -0.4 is 10.6 Å². The van der Waals surface area contributed by atoms with Crippen LogP contribution in [0.5, 0.6) is 0 Å². The topological polar surface area (TPSA) is 50.4 Å². The summed E-state index contributed by atoms with van der Waals surface area (Å²) in [6.45, 7) is 6.65. The van der Waals surface area contributed by atoms with Gasteiger partial charge < -0.3 is 15.4 Å². The Morgan fingerprint density at radius 2 is 2.05 bits per heavy atom. The van der Waals surface area contributed by atoms with Crippen molar-refractivity contribution in [3.63, 3.8) is 0 Å². The first-order valence-corrected chi connectivity index (χ1v) is 6.77. The van der Waals surface area contributed by atoms with Crippen molar-refractivity contribution in [3.8, 4) is 0 Å². The van der Waals surface area contributed by atoms with Crippen LogP contribution in [0.4, 0.5) is 9.18 Å². The second kappa shape index (κ2) is 7.45. The Hall–Kier alpha value is -1.33. The Morgan fingerprint density at radius 1 is 1.35 bits per heavy atom. The fraction of sp³-hybridized carbons (Fsp3) is 0.500. The number of carbonyl (C=O) groups excluding carboxylic acids is 1. The first-order valence-electron chi connectivity index (χ1n) is 6.39. The van der Waals surface area contributed by atoms with Crippen molar-refractivity contribution in [1.82, 2.24) is 10.6 Å². The summed E-state index contributed by atoms with van der Waals surface area (Å²) in [5.74, 6) is -0.304. The molecule has 4 nitrogen and oxygen atoms in total. The highest BCUT2D eigenvalue weighted by atomic mass is 35.5. The average molecular weight is 303 g/mol. The average Bonchev–Trinajstić information content (AvgIpc) is 2.30. The van der Waals surface area contributed by atoms with Gasteiger partial charge in [0, 0.05) is 30.2 Å². The third-order valence-electron chi connectivity index (χ3n) is 2.29. The van der Waals surface area contributed by atoms with E-state index in [1.165, 1.54) is 12.1 Å². The van der Waals surface area contributed by atoms with Crippen molar-refractivity contribution >= 4 is 17.7 Å². The number of amides is 1. The number of rotatable bonds is 5. The molecule has 112 valence electrons. The molecule has 0 radical (unpaired) electrons. The van der Waals surface area contributed by atoms with Gasteiger partial charge in [-0.1, -0.05) is 11.6 Å². The zero-order valence-corrected chi connectivity index (χ0v) is 12.7. The standard InChI is InChI=1S/C14H20ClFN2O2/c1-14(2,3)20-13(19)18-7-6-17-9-10-8-11(15)4-5-12(10)16/h4-5,8,17H,6-7,9H2,1-3H3,(H,18,19). The molecule has 1 aromatic carbocycles. The maximum atomic E-state index is 13.4. The van der Waals surface area contributed by atoms with Gasteiger partial charge in [0.05, 0.1) is 0 Å². The largest absolute Gasteiger partial charge is 0.444 e. The molecule has 0 spiro atoms. The molecule has 1 rings (SSSR count). The predicted octanol–water partition coefficient (Wildman–Crippen LogP) is 3.09. The number of ether oxygens (including phenoxy) is 1. The summed E-state index contributed by atoms with van der Waals surface area (Å²) in [6, 6.07) is 4.41. The summed E-state index contributed by atoms with van der Waals surface area (Å²) >= 11 is 5.79. The fourth-order valence-corrected chi connectivity index (χ4v) is 1.66. The van der Waals surface area contributed by atoms with E-state index in [9.17, 15) is 9.18 Å². The van der Waals surface area contributed by atoms with Crippen molar-refractivity contribution in [2.75, 3.05) is 13.1 Å². The molecular weight excluding hydrogens is 283 g/mol. The van der Waals surface area contributed by atoms with E-state index in [1.807, 2.05) is 0 Å². The van der Waals surface area contributed by atoms with E-state index in [4.69, 9.17) is 16.3 Å². The molecule has 6 heteroatoms. The minimum atomic E-state index is -0.512. The normalized spacial score (nSPS) is 11.2. The maximum Gasteiger partial charge on any atom is 0.407 e. The first-order chi connectivity index (χ1) is 9.28. The summed E-state index contributed by atoms with van der Waals surface area (Å²) in [5.41, 5.74) is -0.0173. The van der Waals surface area contributed by atoms with Crippen LogP contribution in [0.25, 0.3) is 0 Å². The number of hydrogen-bond acceptors (Lipinski definition) is 3. The molecule has 0 aliphatic heterocycles. The lowest BCUT2D eigenvalue weighted by Gasteiger charge is -2.19. The molecule has 20 heavy (non-hydrogen) atoms. The highest BCUT2D eigenvalue weighted by molar-refractivity contribution is 6.30. The molecule has 0 atom stereocenters. The number of hydrogen-bond donors (Lipinski definition) is 2. The second-order valence-electron chi connectivity index (χ2n) is 5.34. The molecule has 2 N–H and O–H groups in total. The van der Waals surface area contributed by atoms with E-state index >= 15 is 0 Å². The van der Waals surface area contributed by atoms with Crippen LogP contribution in [0.2, 0.25) is 5.02 Å². The van der Waals surface area contributed by atoms with Gasteiger partial charge >= 0.3 is 6.09 Å². The Kier molecular flexibility index (Phi) is 6.23. The number of halogens is 2. The van der Waals surface area contributed by atoms with Crippen LogP contribution in [0.1, 0.15) is 26.3 Å². The van der Waals surface area contributed by atoms with Crippen LogP contribution in [-0.4, -0.2) is 24.8 Å². The molecular formula is C14H20ClFN2O2. The van der Waals surface area contributed by atoms with Gasteiger partial charge in [0.2, 0.25) is 0 Å². The van der Waals surface area contributed by atoms with E-state index in [-0.39, 0.29) is 5.82 Å². The number of alkyl carbamates (subject to hydrolysis) is 1. The smallest absolute Gasteiger partial charge is 0.407 e. The van der Waals surface area contributed by atoms with Gasteiger partial charge in [-0.3, -0.25) is 0 Å². The zero-order chi connectivity index (χ0) is 15.2. The molecule has 0 bridgehead atoms. The van der Waals surface area contributed by atoms with Gasteiger partial charge in [0.25, 0.3) is 0 Å². The Balaban J connectivity index is 2.22. The lowest BCUT2D eigenvalue weighted by Crippen LogP contribution is -2.36. The van der Waals surface area contributed by atoms with Gasteiger partial charge in [-0.05, 0) is 39.0 Å². The van der Waals surface area contributed by atoms with Crippen molar-refractivity contribution in [2.24, 2.45) is 0 Å². The van der Waals surface area contributed by atoms with Gasteiger partial charge in [-0.2, -0.15) is 0 Å². The number of nitrogens with one attached hydrogen (secondary N) is 2. The van der Waals surface area contributed by atoms with Gasteiger partial charge in [-0.25, -0.2) is 9.18 Å². The monoisotopic (exact) mass is 302 g/mol. The Morgan fingerprint density at radius 3 is 2.70 bits per heavy atom. The van der Waals surface area contributed by atoms with Gasteiger partial charge in [0.15, 0.2) is 0 Å². The van der Waals surface area contributed by atoms with E-state index < -0.39 is 11.7 Å². The lowest BCUT2D eigenvalue weighted by atomic mass is 10.2. The predicted molar refractivity (Wildman–Crippen MR) is 77.4 cm³/mol. The molecule has 0 unspecified atom stereocenters. The van der Waals surface area contributed by atoms with Crippen molar-refractivity contribution in [3.05, 3.63) is 34.6 Å². The molecule has 0 aromatic heterocycles. The van der Waals surface area contributed by atoms with Crippen LogP contribution in [0.15, 0.2) is 18.2 Å². The lowest BCUT2D eigenvalue weighted by molar-refractivity contribution is 0.0528. The summed E-state index contributed by atoms with van der Waals surface area (Å²) in [5, 5.41) is 6.12. The van der Waals surface area contributed by atoms with E-state index in [1.54, 1.807) is 26.8 Å². The van der Waals surface area contributed by atoms with E-state index in [0.29, 0.717) is 30.2 Å². The summed E-state index contributed by atoms with van der Waals surface area (Å²) in [7, 11) is 0. The molecule has 0 aliphatic carbocycles. The second-order valence-corrected chi connectivity index (χ2v) is 5.78. The number of benzene rings is 1. The van der Waals surface area contributed by atoms with Crippen LogP contribution in [0, 0.1) is 5.82 Å². The van der Waals surface area contributed by atoms with Crippen LogP contribution in [-0.2, 0) is 11.3 Å². The summed E-state index contributed by atoms with van der Waals surface area (Å²) < 4.78 is 18.5. The number of carbonyl (C=O) groups is 1. The maximum absolute atomic E-state index is 13.4. The third kappa shape index (κ3) is 6.73. The Labute approximate surface area is 123 Å². The summed E-state index contributed by atoms with van der Waals surface area (Å²) in [6.07, 6.45) is -0.465. The van der Waals surface area contributed by atoms with Crippen molar-refractivity contribution in [1.29, 1.82) is 0 Å². The van der Waals surface area contributed by atoms with Crippen molar-refractivity contribution < 1.29 is 13.9 Å².